The molecule has 1 aromatic rings. The summed E-state index contributed by atoms with van der Waals surface area (Å²) in [6.07, 6.45) is 5.29. The van der Waals surface area contributed by atoms with E-state index < -0.39 is 0 Å². The van der Waals surface area contributed by atoms with Crippen LogP contribution in [-0.2, 0) is 5.54 Å². The Hall–Kier alpha value is -1.79. The molecule has 1 aromatic carbocycles. The van der Waals surface area contributed by atoms with Gasteiger partial charge in [-0.15, -0.1) is 11.8 Å². The van der Waals surface area contributed by atoms with E-state index in [-0.39, 0.29) is 5.54 Å². The first-order valence-corrected chi connectivity index (χ1v) is 9.54. The van der Waals surface area contributed by atoms with E-state index in [1.165, 1.54) is 11.3 Å². The van der Waals surface area contributed by atoms with Crippen LogP contribution in [0.4, 0.5) is 5.69 Å². The molecule has 0 aromatic heterocycles. The monoisotopic (exact) mass is 341 g/mol. The van der Waals surface area contributed by atoms with Gasteiger partial charge in [0.05, 0.1) is 6.54 Å². The molecule has 0 saturated heterocycles. The number of aliphatic imine (C=N–C) groups is 1. The minimum atomic E-state index is -0.220. The molecular weight excluding hydrogens is 318 g/mol. The van der Waals surface area contributed by atoms with Crippen molar-refractivity contribution in [2.45, 2.75) is 18.9 Å². The molecule has 1 atom stereocenters. The highest BCUT2D eigenvalue weighted by atomic mass is 32.2. The second kappa shape index (κ2) is 6.61. The Balaban J connectivity index is 1.69. The summed E-state index contributed by atoms with van der Waals surface area (Å²) in [6, 6.07) is 8.68. The maximum absolute atomic E-state index is 4.89. The van der Waals surface area contributed by atoms with E-state index in [4.69, 9.17) is 10.1 Å². The summed E-state index contributed by atoms with van der Waals surface area (Å²) in [5, 5.41) is 15.1. The molecule has 5 nitrogen and oxygen atoms in total. The number of hydrazone groups is 1. The molecule has 4 rings (SSSR count). The van der Waals surface area contributed by atoms with Crippen LogP contribution in [0.25, 0.3) is 0 Å². The van der Waals surface area contributed by atoms with Gasteiger partial charge in [0.15, 0.2) is 0 Å². The van der Waals surface area contributed by atoms with Crippen LogP contribution >= 0.6 is 11.8 Å². The maximum Gasteiger partial charge on any atom is 0.145 e. The zero-order valence-electron chi connectivity index (χ0n) is 14.0. The van der Waals surface area contributed by atoms with Gasteiger partial charge in [-0.2, -0.15) is 5.10 Å². The Morgan fingerprint density at radius 3 is 3.12 bits per heavy atom. The molecular formula is C18H23N5S. The van der Waals surface area contributed by atoms with E-state index in [0.717, 1.165) is 49.2 Å². The third-order valence-corrected chi connectivity index (χ3v) is 5.60. The lowest BCUT2D eigenvalue weighted by atomic mass is 9.91. The summed E-state index contributed by atoms with van der Waals surface area (Å²) >= 11 is 1.80. The first kappa shape index (κ1) is 15.7. The van der Waals surface area contributed by atoms with Crippen LogP contribution in [0.2, 0.25) is 0 Å². The van der Waals surface area contributed by atoms with Crippen LogP contribution < -0.4 is 10.6 Å². The average molecular weight is 341 g/mol. The summed E-state index contributed by atoms with van der Waals surface area (Å²) < 4.78 is 0. The molecule has 0 saturated carbocycles. The number of anilines is 1. The number of hydrogen-bond donors (Lipinski definition) is 2. The van der Waals surface area contributed by atoms with Crippen molar-refractivity contribution in [1.82, 2.24) is 10.3 Å². The van der Waals surface area contributed by atoms with Crippen LogP contribution in [0.15, 0.2) is 46.5 Å². The van der Waals surface area contributed by atoms with E-state index in [1.54, 1.807) is 11.8 Å². The quantitative estimate of drug-likeness (QED) is 0.762. The van der Waals surface area contributed by atoms with Gasteiger partial charge >= 0.3 is 0 Å². The highest BCUT2D eigenvalue weighted by Crippen LogP contribution is 2.37. The predicted octanol–water partition coefficient (Wildman–Crippen LogP) is 2.64. The molecule has 6 heteroatoms. The summed E-state index contributed by atoms with van der Waals surface area (Å²) in [4.78, 5) is 4.71. The van der Waals surface area contributed by atoms with Crippen molar-refractivity contribution < 1.29 is 0 Å². The lowest BCUT2D eigenvalue weighted by Crippen LogP contribution is -2.42. The first-order chi connectivity index (χ1) is 11.8. The fourth-order valence-electron chi connectivity index (χ4n) is 3.24. The third kappa shape index (κ3) is 2.96. The molecule has 3 aliphatic heterocycles. The highest BCUT2D eigenvalue weighted by Gasteiger charge is 2.41. The molecule has 24 heavy (non-hydrogen) atoms. The number of nitrogens with one attached hydrogen (secondary N) is 2. The number of amidine groups is 1. The molecule has 2 N–H and O–H groups in total. The average Bonchev–Trinajstić information content (AvgIpc) is 2.95. The number of nitrogens with zero attached hydrogens (tertiary/aromatic N) is 3. The van der Waals surface area contributed by atoms with Crippen molar-refractivity contribution >= 4 is 28.3 Å². The Bertz CT molecular complexity index is 711. The van der Waals surface area contributed by atoms with Gasteiger partial charge in [0, 0.05) is 24.5 Å². The second-order valence-electron chi connectivity index (χ2n) is 6.49. The molecule has 1 unspecified atom stereocenters. The molecule has 0 spiro atoms. The minimum Gasteiger partial charge on any atom is -0.385 e. The van der Waals surface area contributed by atoms with Gasteiger partial charge in [-0.3, -0.25) is 4.99 Å². The number of fused-ring (bicyclic) bond motifs is 3. The van der Waals surface area contributed by atoms with E-state index in [9.17, 15) is 0 Å². The molecule has 0 aliphatic carbocycles. The van der Waals surface area contributed by atoms with Gasteiger partial charge in [-0.25, -0.2) is 5.01 Å². The van der Waals surface area contributed by atoms with Gasteiger partial charge in [-0.1, -0.05) is 12.1 Å². The van der Waals surface area contributed by atoms with Crippen molar-refractivity contribution in [3.63, 3.8) is 0 Å². The Labute approximate surface area is 147 Å². The summed E-state index contributed by atoms with van der Waals surface area (Å²) in [7, 11) is 0. The van der Waals surface area contributed by atoms with Crippen molar-refractivity contribution in [2.75, 3.05) is 37.2 Å². The first-order valence-electron chi connectivity index (χ1n) is 8.55. The Morgan fingerprint density at radius 2 is 2.17 bits per heavy atom. The molecule has 0 radical (unpaired) electrons. The molecule has 4 bridgehead atoms. The normalized spacial score (nSPS) is 26.8. The fraction of sp³-hybridized carbons (Fsp3) is 0.444. The Kier molecular flexibility index (Phi) is 4.33. The van der Waals surface area contributed by atoms with Gasteiger partial charge in [0.1, 0.15) is 16.4 Å². The molecule has 0 amide bonds. The van der Waals surface area contributed by atoms with Crippen LogP contribution in [0.1, 0.15) is 18.9 Å². The zero-order chi connectivity index (χ0) is 16.4. The molecule has 126 valence electrons. The van der Waals surface area contributed by atoms with Crippen LogP contribution in [-0.4, -0.2) is 47.8 Å². The van der Waals surface area contributed by atoms with Crippen LogP contribution in [0.5, 0.6) is 0 Å². The summed E-state index contributed by atoms with van der Waals surface area (Å²) in [5.74, 6) is 1.99. The standard InChI is InChI=1S/C18H23N5S/c1-18-13-21-16-6-7-17(22-23(16)18)24-11-10-19-8-3-9-20-15-5-2-4-14(18)12-15/h2,4-7,12,19-20H,3,8-11,13H2,1H3. The molecule has 3 heterocycles. The third-order valence-electron chi connectivity index (χ3n) is 4.68. The van der Waals surface area contributed by atoms with Crippen LogP contribution in [0, 0.1) is 0 Å². The summed E-state index contributed by atoms with van der Waals surface area (Å²) in [6.45, 7) is 5.99. The molecule has 0 fully saturated rings. The maximum atomic E-state index is 4.89. The predicted molar refractivity (Wildman–Crippen MR) is 103 cm³/mol. The van der Waals surface area contributed by atoms with E-state index in [0.29, 0.717) is 0 Å². The lowest BCUT2D eigenvalue weighted by molar-refractivity contribution is 0.237. The van der Waals surface area contributed by atoms with Crippen molar-refractivity contribution in [3.05, 3.63) is 42.0 Å². The van der Waals surface area contributed by atoms with E-state index in [2.05, 4.69) is 59.0 Å². The number of thioether (sulfide) groups is 1. The van der Waals surface area contributed by atoms with E-state index in [1.807, 2.05) is 0 Å². The SMILES string of the molecule is CC12CN=C3C=CC(=NN31)SCCNCCCNc1cccc2c1. The van der Waals surface area contributed by atoms with Crippen molar-refractivity contribution in [3.8, 4) is 0 Å². The van der Waals surface area contributed by atoms with Crippen LogP contribution in [0.3, 0.4) is 0 Å². The van der Waals surface area contributed by atoms with Gasteiger partial charge in [-0.05, 0) is 49.7 Å². The minimum absolute atomic E-state index is 0.220. The molecule has 3 aliphatic rings. The zero-order valence-corrected chi connectivity index (χ0v) is 14.8. The van der Waals surface area contributed by atoms with Crippen molar-refractivity contribution in [2.24, 2.45) is 10.1 Å². The van der Waals surface area contributed by atoms with Gasteiger partial charge in [0.2, 0.25) is 0 Å². The number of rotatable bonds is 0. The topological polar surface area (TPSA) is 52.0 Å². The highest BCUT2D eigenvalue weighted by molar-refractivity contribution is 8.14. The van der Waals surface area contributed by atoms with E-state index >= 15 is 0 Å². The van der Waals surface area contributed by atoms with Crippen molar-refractivity contribution in [1.29, 1.82) is 0 Å². The second-order valence-corrected chi connectivity index (χ2v) is 7.61. The number of benzene rings is 1. The number of hydrogen-bond acceptors (Lipinski definition) is 6. The lowest BCUT2D eigenvalue weighted by Gasteiger charge is -2.35. The fourth-order valence-corrected chi connectivity index (χ4v) is 4.00. The van der Waals surface area contributed by atoms with Gasteiger partial charge in [0.25, 0.3) is 0 Å². The Morgan fingerprint density at radius 1 is 1.21 bits per heavy atom. The van der Waals surface area contributed by atoms with Gasteiger partial charge < -0.3 is 10.6 Å². The smallest absolute Gasteiger partial charge is 0.145 e. The summed E-state index contributed by atoms with van der Waals surface area (Å²) in [5.41, 5.74) is 2.20. The largest absolute Gasteiger partial charge is 0.385 e.